The second-order valence-corrected chi connectivity index (χ2v) is 13.7. The van der Waals surface area contributed by atoms with Gasteiger partial charge in [0.25, 0.3) is 11.8 Å². The maximum atomic E-state index is 14.0. The zero-order valence-corrected chi connectivity index (χ0v) is 26.5. The van der Waals surface area contributed by atoms with Gasteiger partial charge in [0.1, 0.15) is 5.01 Å². The number of amides is 3. The van der Waals surface area contributed by atoms with Crippen molar-refractivity contribution in [2.45, 2.75) is 51.4 Å². The number of thiazole rings is 1. The first-order chi connectivity index (χ1) is 21.4. The van der Waals surface area contributed by atoms with E-state index in [0.29, 0.717) is 30.1 Å². The number of alkyl halides is 2. The fourth-order valence-corrected chi connectivity index (χ4v) is 5.85. The van der Waals surface area contributed by atoms with Gasteiger partial charge < -0.3 is 21.3 Å². The summed E-state index contributed by atoms with van der Waals surface area (Å²) >= 11 is 1.30. The summed E-state index contributed by atoms with van der Waals surface area (Å²) in [6.45, 7) is -0.898. The molecule has 4 N–H and O–H groups in total. The van der Waals surface area contributed by atoms with E-state index in [-0.39, 0.29) is 34.4 Å². The second kappa shape index (κ2) is 15.4. The Labute approximate surface area is 264 Å². The molecule has 0 unspecified atom stereocenters. The van der Waals surface area contributed by atoms with E-state index in [2.05, 4.69) is 26.3 Å². The number of hydrogen-bond donors (Lipinski definition) is 4. The van der Waals surface area contributed by atoms with E-state index in [4.69, 9.17) is 0 Å². The van der Waals surface area contributed by atoms with Crippen molar-refractivity contribution in [3.8, 4) is 0 Å². The fraction of sp³-hybridized carbons (Fsp3) is 0.400. The van der Waals surface area contributed by atoms with Gasteiger partial charge in [-0.05, 0) is 55.9 Å². The van der Waals surface area contributed by atoms with E-state index in [1.807, 2.05) is 30.3 Å². The molecule has 1 aliphatic carbocycles. The third-order valence-corrected chi connectivity index (χ3v) is 8.96. The van der Waals surface area contributed by atoms with Gasteiger partial charge in [-0.2, -0.15) is 8.78 Å². The molecule has 2 atom stereocenters. The van der Waals surface area contributed by atoms with Gasteiger partial charge >= 0.3 is 6.55 Å². The molecule has 4 rings (SSSR count). The van der Waals surface area contributed by atoms with E-state index >= 15 is 0 Å². The van der Waals surface area contributed by atoms with Gasteiger partial charge in [0.2, 0.25) is 15.9 Å². The van der Waals surface area contributed by atoms with E-state index in [1.165, 1.54) is 17.4 Å². The Balaban J connectivity index is 1.57. The molecule has 1 saturated carbocycles. The molecule has 2 aromatic carbocycles. The molecule has 1 fully saturated rings. The van der Waals surface area contributed by atoms with Crippen LogP contribution in [-0.4, -0.2) is 69.1 Å². The van der Waals surface area contributed by atoms with Crippen LogP contribution in [0.2, 0.25) is 0 Å². The maximum absolute atomic E-state index is 14.0. The van der Waals surface area contributed by atoms with Crippen LogP contribution in [0.1, 0.15) is 51.1 Å². The van der Waals surface area contributed by atoms with E-state index in [9.17, 15) is 31.6 Å². The SMILES string of the molecule is C[C@H](NC[C@H](Cc1ccccc1)NC(=O)c1cc(C(=O)NCc2nccs2)cc(N(C(F)F)S(C)(=O)=O)c1)C(=O)NCC1CC1. The number of aromatic nitrogens is 1. The van der Waals surface area contributed by atoms with Gasteiger partial charge in [0, 0.05) is 41.8 Å². The lowest BCUT2D eigenvalue weighted by molar-refractivity contribution is -0.122. The average Bonchev–Trinajstić information content (AvgIpc) is 3.68. The van der Waals surface area contributed by atoms with Crippen LogP contribution in [0.4, 0.5) is 14.5 Å². The lowest BCUT2D eigenvalue weighted by atomic mass is 10.0. The van der Waals surface area contributed by atoms with Crippen LogP contribution in [0.3, 0.4) is 0 Å². The topological polar surface area (TPSA) is 150 Å². The lowest BCUT2D eigenvalue weighted by Gasteiger charge is -2.24. The fourth-order valence-electron chi connectivity index (χ4n) is 4.52. The van der Waals surface area contributed by atoms with Crippen molar-refractivity contribution in [1.29, 1.82) is 0 Å². The quantitative estimate of drug-likeness (QED) is 0.172. The smallest absolute Gasteiger partial charge is 0.327 e. The number of anilines is 1. The van der Waals surface area contributed by atoms with Crippen LogP contribution in [0, 0.1) is 5.92 Å². The third-order valence-electron chi connectivity index (χ3n) is 7.10. The molecule has 242 valence electrons. The maximum Gasteiger partial charge on any atom is 0.327 e. The van der Waals surface area contributed by atoms with Crippen LogP contribution in [0.15, 0.2) is 60.1 Å². The molecular formula is C30H36F2N6O5S2. The molecule has 45 heavy (non-hydrogen) atoms. The Morgan fingerprint density at radius 3 is 2.33 bits per heavy atom. The monoisotopic (exact) mass is 662 g/mol. The van der Waals surface area contributed by atoms with Gasteiger partial charge in [-0.15, -0.1) is 11.3 Å². The number of halogens is 2. The van der Waals surface area contributed by atoms with E-state index < -0.39 is 46.2 Å². The van der Waals surface area contributed by atoms with Crippen LogP contribution in [0.25, 0.3) is 0 Å². The van der Waals surface area contributed by atoms with Crippen molar-refractivity contribution in [3.63, 3.8) is 0 Å². The van der Waals surface area contributed by atoms with Crippen LogP contribution in [0.5, 0.6) is 0 Å². The Morgan fingerprint density at radius 2 is 1.73 bits per heavy atom. The average molecular weight is 663 g/mol. The number of rotatable bonds is 16. The first kappa shape index (κ1) is 33.9. The molecule has 0 spiro atoms. The van der Waals surface area contributed by atoms with Crippen molar-refractivity contribution >= 4 is 44.8 Å². The highest BCUT2D eigenvalue weighted by Crippen LogP contribution is 2.28. The predicted octanol–water partition coefficient (Wildman–Crippen LogP) is 2.91. The summed E-state index contributed by atoms with van der Waals surface area (Å²) in [7, 11) is -4.48. The van der Waals surface area contributed by atoms with Crippen molar-refractivity contribution in [2.75, 3.05) is 23.7 Å². The largest absolute Gasteiger partial charge is 0.354 e. The molecule has 1 aliphatic rings. The summed E-state index contributed by atoms with van der Waals surface area (Å²) in [4.78, 5) is 43.3. The molecule has 0 radical (unpaired) electrons. The van der Waals surface area contributed by atoms with Gasteiger partial charge in [-0.25, -0.2) is 17.7 Å². The highest BCUT2D eigenvalue weighted by Gasteiger charge is 2.29. The number of carbonyl (C=O) groups is 3. The third kappa shape index (κ3) is 10.3. The first-order valence-electron chi connectivity index (χ1n) is 14.4. The Kier molecular flexibility index (Phi) is 11.6. The normalized spacial score (nSPS) is 14.4. The molecular weight excluding hydrogens is 626 g/mol. The van der Waals surface area contributed by atoms with Gasteiger partial charge in [-0.3, -0.25) is 14.4 Å². The van der Waals surface area contributed by atoms with Crippen molar-refractivity contribution in [2.24, 2.45) is 5.92 Å². The first-order valence-corrected chi connectivity index (χ1v) is 17.1. The number of nitrogens with one attached hydrogen (secondary N) is 4. The number of carbonyl (C=O) groups excluding carboxylic acids is 3. The number of sulfonamides is 1. The number of benzene rings is 2. The van der Waals surface area contributed by atoms with Gasteiger partial charge in [0.15, 0.2) is 0 Å². The molecule has 1 aromatic heterocycles. The lowest BCUT2D eigenvalue weighted by Crippen LogP contribution is -2.49. The van der Waals surface area contributed by atoms with Crippen LogP contribution in [-0.2, 0) is 27.8 Å². The summed E-state index contributed by atoms with van der Waals surface area (Å²) in [5, 5.41) is 13.8. The number of nitrogens with zero attached hydrogens (tertiary/aromatic N) is 2. The van der Waals surface area contributed by atoms with Gasteiger partial charge in [-0.1, -0.05) is 30.3 Å². The zero-order chi connectivity index (χ0) is 32.6. The van der Waals surface area contributed by atoms with E-state index in [1.54, 1.807) is 18.5 Å². The van der Waals surface area contributed by atoms with Crippen LogP contribution < -0.4 is 25.6 Å². The summed E-state index contributed by atoms with van der Waals surface area (Å²) < 4.78 is 52.4. The number of hydrogen-bond acceptors (Lipinski definition) is 8. The molecule has 0 aliphatic heterocycles. The summed E-state index contributed by atoms with van der Waals surface area (Å²) in [5.74, 6) is -1.08. The Bertz CT molecular complexity index is 1570. The summed E-state index contributed by atoms with van der Waals surface area (Å²) in [6, 6.07) is 11.4. The second-order valence-electron chi connectivity index (χ2n) is 10.9. The molecule has 15 heteroatoms. The highest BCUT2D eigenvalue weighted by atomic mass is 32.2. The van der Waals surface area contributed by atoms with E-state index in [0.717, 1.165) is 30.5 Å². The molecule has 3 aromatic rings. The minimum atomic E-state index is -4.48. The minimum absolute atomic E-state index is 0.0458. The van der Waals surface area contributed by atoms with Crippen molar-refractivity contribution in [3.05, 3.63) is 81.8 Å². The summed E-state index contributed by atoms with van der Waals surface area (Å²) in [5.41, 5.74) is -0.0395. The molecule has 3 amide bonds. The van der Waals surface area contributed by atoms with Gasteiger partial charge in [0.05, 0.1) is 24.5 Å². The minimum Gasteiger partial charge on any atom is -0.354 e. The van der Waals surface area contributed by atoms with Crippen LogP contribution >= 0.6 is 11.3 Å². The Hall–Kier alpha value is -3.95. The molecule has 1 heterocycles. The molecule has 0 saturated heterocycles. The van der Waals surface area contributed by atoms with Crippen molar-refractivity contribution < 1.29 is 31.6 Å². The molecule has 0 bridgehead atoms. The zero-order valence-electron chi connectivity index (χ0n) is 24.8. The predicted molar refractivity (Wildman–Crippen MR) is 168 cm³/mol. The van der Waals surface area contributed by atoms with Crippen molar-refractivity contribution in [1.82, 2.24) is 26.3 Å². The Morgan fingerprint density at radius 1 is 1.04 bits per heavy atom. The summed E-state index contributed by atoms with van der Waals surface area (Å²) in [6.07, 6.45) is 4.73. The standard InChI is InChI=1S/C30H36F2N6O5S2/c1-19(27(39)35-16-21-8-9-21)34-17-24(12-20-6-4-3-5-7-20)37-29(41)23-13-22(28(40)36-18-26-33-10-11-44-26)14-25(15-23)38(30(31)32)45(2,42)43/h3-7,10-11,13-15,19,21,24,30,34H,8-9,12,16-18H2,1-2H3,(H,35,39)(H,36,40)(H,37,41)/t19-,24-/m0/s1. The molecule has 11 nitrogen and oxygen atoms in total. The highest BCUT2D eigenvalue weighted by molar-refractivity contribution is 7.92.